The van der Waals surface area contributed by atoms with Crippen LogP contribution in [0.4, 0.5) is 0 Å². The Bertz CT molecular complexity index is 686. The number of allylic oxidation sites excluding steroid dienone is 2. The second-order valence-corrected chi connectivity index (χ2v) is 9.79. The van der Waals surface area contributed by atoms with Gasteiger partial charge in [-0.15, -0.1) is 0 Å². The molecule has 2 heteroatoms. The quantitative estimate of drug-likeness (QED) is 0.403. The number of benzene rings is 3. The molecule has 0 fully saturated rings. The molecule has 0 saturated carbocycles. The van der Waals surface area contributed by atoms with Gasteiger partial charge in [0.1, 0.15) is 23.2 Å². The molecule has 3 aromatic carbocycles. The lowest BCUT2D eigenvalue weighted by Crippen LogP contribution is -3.00. The highest BCUT2D eigenvalue weighted by Gasteiger charge is 2.43. The van der Waals surface area contributed by atoms with Gasteiger partial charge in [-0.1, -0.05) is 80.1 Å². The van der Waals surface area contributed by atoms with E-state index in [0.717, 1.165) is 12.6 Å². The zero-order chi connectivity index (χ0) is 17.4. The summed E-state index contributed by atoms with van der Waals surface area (Å²) in [4.78, 5) is 0. The molecular formula is C24H26BrP. The Hall–Kier alpha value is -1.69. The first-order valence-corrected chi connectivity index (χ1v) is 11.1. The molecule has 134 valence electrons. The third-order valence-corrected chi connectivity index (χ3v) is 8.89. The highest BCUT2D eigenvalue weighted by Crippen LogP contribution is 2.55. The Morgan fingerprint density at radius 2 is 1.00 bits per heavy atom. The minimum atomic E-state index is -1.68. The average molecular weight is 425 g/mol. The second-order valence-electron chi connectivity index (χ2n) is 6.26. The molecule has 0 bridgehead atoms. The van der Waals surface area contributed by atoms with Gasteiger partial charge in [0.2, 0.25) is 0 Å². The van der Waals surface area contributed by atoms with E-state index >= 15 is 0 Å². The first kappa shape index (κ1) is 20.6. The lowest BCUT2D eigenvalue weighted by Gasteiger charge is -2.26. The molecule has 0 nitrogen and oxygen atoms in total. The standard InChI is InChI=1S/C24H26P.BrH/c1-2-3-4-14-21-25(22-15-8-5-9-16-22,23-17-10-6-11-18-23)24-19-12-7-13-20-24;/h4-20H,2-3,21H2,1H3;1H/q+1;/p-1. The van der Waals surface area contributed by atoms with Gasteiger partial charge in [-0.25, -0.2) is 0 Å². The van der Waals surface area contributed by atoms with Crippen LogP contribution in [0.5, 0.6) is 0 Å². The number of hydrogen-bond acceptors (Lipinski definition) is 0. The molecule has 3 aromatic rings. The monoisotopic (exact) mass is 424 g/mol. The van der Waals surface area contributed by atoms with E-state index in [-0.39, 0.29) is 17.0 Å². The molecule has 0 atom stereocenters. The smallest absolute Gasteiger partial charge is 0.115 e. The number of rotatable bonds is 7. The zero-order valence-corrected chi connectivity index (χ0v) is 17.7. The summed E-state index contributed by atoms with van der Waals surface area (Å²) in [5.41, 5.74) is 0. The van der Waals surface area contributed by atoms with E-state index < -0.39 is 7.26 Å². The molecule has 0 aliphatic rings. The molecule has 0 aliphatic carbocycles. The van der Waals surface area contributed by atoms with E-state index in [0.29, 0.717) is 0 Å². The van der Waals surface area contributed by atoms with E-state index in [1.165, 1.54) is 22.3 Å². The molecule has 0 aromatic heterocycles. The summed E-state index contributed by atoms with van der Waals surface area (Å²) >= 11 is 0. The van der Waals surface area contributed by atoms with Crippen molar-refractivity contribution in [2.45, 2.75) is 19.8 Å². The van der Waals surface area contributed by atoms with Crippen LogP contribution in [0.2, 0.25) is 0 Å². The lowest BCUT2D eigenvalue weighted by molar-refractivity contribution is -0.00000493. The van der Waals surface area contributed by atoms with Crippen molar-refractivity contribution in [3.05, 3.63) is 103 Å². The highest BCUT2D eigenvalue weighted by atomic mass is 79.9. The molecule has 3 rings (SSSR count). The van der Waals surface area contributed by atoms with Crippen molar-refractivity contribution in [2.24, 2.45) is 0 Å². The van der Waals surface area contributed by atoms with Crippen LogP contribution in [0.1, 0.15) is 19.8 Å². The van der Waals surface area contributed by atoms with E-state index in [1.807, 2.05) is 0 Å². The van der Waals surface area contributed by atoms with Gasteiger partial charge in [-0.2, -0.15) is 0 Å². The van der Waals surface area contributed by atoms with Gasteiger partial charge in [-0.05, 0) is 42.8 Å². The van der Waals surface area contributed by atoms with Crippen LogP contribution in [-0.2, 0) is 0 Å². The van der Waals surface area contributed by atoms with E-state index in [2.05, 4.69) is 110 Å². The van der Waals surface area contributed by atoms with Crippen molar-refractivity contribution >= 4 is 23.2 Å². The Morgan fingerprint density at radius 1 is 0.615 bits per heavy atom. The Balaban J connectivity index is 0.00000243. The Morgan fingerprint density at radius 3 is 1.35 bits per heavy atom. The van der Waals surface area contributed by atoms with Crippen molar-refractivity contribution in [1.29, 1.82) is 0 Å². The summed E-state index contributed by atoms with van der Waals surface area (Å²) in [7, 11) is -1.68. The second kappa shape index (κ2) is 10.5. The molecule has 0 amide bonds. The fourth-order valence-corrected chi connectivity index (χ4v) is 7.36. The predicted molar refractivity (Wildman–Crippen MR) is 114 cm³/mol. The molecule has 0 radical (unpaired) electrons. The Kier molecular flexibility index (Phi) is 8.29. The van der Waals surface area contributed by atoms with Crippen LogP contribution < -0.4 is 32.9 Å². The van der Waals surface area contributed by atoms with Gasteiger partial charge in [0.15, 0.2) is 0 Å². The first-order valence-electron chi connectivity index (χ1n) is 9.08. The van der Waals surface area contributed by atoms with Gasteiger partial charge < -0.3 is 17.0 Å². The first-order chi connectivity index (χ1) is 12.4. The van der Waals surface area contributed by atoms with Gasteiger partial charge in [0.05, 0.1) is 6.16 Å². The summed E-state index contributed by atoms with van der Waals surface area (Å²) in [5, 5.41) is 4.36. The number of halogens is 1. The third-order valence-electron chi connectivity index (χ3n) is 4.59. The summed E-state index contributed by atoms with van der Waals surface area (Å²) in [6.45, 7) is 2.23. The molecule has 0 saturated heterocycles. The molecule has 0 unspecified atom stereocenters. The number of hydrogen-bond donors (Lipinski definition) is 0. The zero-order valence-electron chi connectivity index (χ0n) is 15.3. The van der Waals surface area contributed by atoms with Crippen LogP contribution in [0.25, 0.3) is 0 Å². The van der Waals surface area contributed by atoms with Crippen LogP contribution in [0.15, 0.2) is 103 Å². The maximum atomic E-state index is 2.41. The predicted octanol–water partition coefficient (Wildman–Crippen LogP) is 2.34. The number of unbranched alkanes of at least 4 members (excludes halogenated alkanes) is 1. The highest BCUT2D eigenvalue weighted by molar-refractivity contribution is 7.95. The maximum Gasteiger partial charge on any atom is 0.115 e. The van der Waals surface area contributed by atoms with Gasteiger partial charge in [0, 0.05) is 0 Å². The average Bonchev–Trinajstić information content (AvgIpc) is 2.70. The Labute approximate surface area is 169 Å². The van der Waals surface area contributed by atoms with Crippen molar-refractivity contribution in [1.82, 2.24) is 0 Å². The maximum absolute atomic E-state index is 2.41. The molecule has 0 heterocycles. The van der Waals surface area contributed by atoms with Crippen LogP contribution in [0.3, 0.4) is 0 Å². The van der Waals surface area contributed by atoms with E-state index in [4.69, 9.17) is 0 Å². The summed E-state index contributed by atoms with van der Waals surface area (Å²) in [6.07, 6.45) is 8.18. The topological polar surface area (TPSA) is 0 Å². The van der Waals surface area contributed by atoms with Crippen LogP contribution >= 0.6 is 7.26 Å². The van der Waals surface area contributed by atoms with Crippen LogP contribution in [-0.4, -0.2) is 6.16 Å². The fraction of sp³-hybridized carbons (Fsp3) is 0.167. The molecule has 0 aliphatic heterocycles. The van der Waals surface area contributed by atoms with E-state index in [9.17, 15) is 0 Å². The van der Waals surface area contributed by atoms with Gasteiger partial charge in [0.25, 0.3) is 0 Å². The lowest BCUT2D eigenvalue weighted by atomic mass is 10.3. The summed E-state index contributed by atoms with van der Waals surface area (Å²) in [6, 6.07) is 33.2. The van der Waals surface area contributed by atoms with Crippen LogP contribution in [0, 0.1) is 0 Å². The van der Waals surface area contributed by atoms with Crippen molar-refractivity contribution < 1.29 is 17.0 Å². The van der Waals surface area contributed by atoms with Gasteiger partial charge >= 0.3 is 0 Å². The third kappa shape index (κ3) is 4.53. The molecular weight excluding hydrogens is 399 g/mol. The van der Waals surface area contributed by atoms with E-state index in [1.54, 1.807) is 0 Å². The summed E-state index contributed by atoms with van der Waals surface area (Å²) < 4.78 is 0. The molecule has 0 spiro atoms. The normalized spacial score (nSPS) is 11.3. The fourth-order valence-electron chi connectivity index (χ4n) is 3.33. The SMILES string of the molecule is CCCC=CC[P+](c1ccccc1)(c1ccccc1)c1ccccc1.[Br-]. The minimum absolute atomic E-state index is 0. The van der Waals surface area contributed by atoms with Gasteiger partial charge in [-0.3, -0.25) is 0 Å². The van der Waals surface area contributed by atoms with Crippen molar-refractivity contribution in [3.63, 3.8) is 0 Å². The molecule has 26 heavy (non-hydrogen) atoms. The largest absolute Gasteiger partial charge is 1.00 e. The van der Waals surface area contributed by atoms with Crippen molar-refractivity contribution in [2.75, 3.05) is 6.16 Å². The summed E-state index contributed by atoms with van der Waals surface area (Å²) in [5.74, 6) is 0. The minimum Gasteiger partial charge on any atom is -1.00 e. The van der Waals surface area contributed by atoms with Crippen molar-refractivity contribution in [3.8, 4) is 0 Å². The molecule has 0 N–H and O–H groups in total.